The Hall–Kier alpha value is -11.4. The van der Waals surface area contributed by atoms with Gasteiger partial charge in [-0.15, -0.1) is 0 Å². The molecule has 6 aromatic heterocycles. The number of nitrogens with zero attached hydrogens (tertiary/aromatic N) is 16. The number of aromatic amines is 2. The molecule has 4 N–H and O–H groups in total. The number of anilines is 2. The fourth-order valence-electron chi connectivity index (χ4n) is 20.3. The molecule has 20 rings (SSSR count). The molecule has 12 heterocycles. The van der Waals surface area contributed by atoms with E-state index in [1.807, 2.05) is 72.8 Å². The van der Waals surface area contributed by atoms with Crippen LogP contribution in [0.4, 0.5) is 22.7 Å². The predicted octanol–water partition coefficient (Wildman–Crippen LogP) is 14.5. The molecule has 6 aromatic carbocycles. The van der Waals surface area contributed by atoms with Crippen LogP contribution in [0, 0.1) is 31.1 Å². The van der Waals surface area contributed by atoms with Gasteiger partial charge in [0.15, 0.2) is 11.3 Å². The minimum atomic E-state index is -4.56. The second-order valence-electron chi connectivity index (χ2n) is 38.1. The average molecular weight is 1900 g/mol. The lowest BCUT2D eigenvalue weighted by atomic mass is 9.72. The summed E-state index contributed by atoms with van der Waals surface area (Å²) in [7, 11) is -9.12. The van der Waals surface area contributed by atoms with Crippen molar-refractivity contribution in [2.75, 3.05) is 154 Å². The number of amides is 2. The number of carbonyl (C=O) groups is 2. The number of nitro benzene ring substituents is 2. The van der Waals surface area contributed by atoms with E-state index in [1.165, 1.54) is 57.7 Å². The highest BCUT2D eigenvalue weighted by molar-refractivity contribution is 7.90. The van der Waals surface area contributed by atoms with E-state index in [4.69, 9.17) is 42.6 Å². The molecular weight excluding hydrogens is 1780 g/mol. The van der Waals surface area contributed by atoms with Gasteiger partial charge in [-0.1, -0.05) is 86.3 Å². The highest BCUT2D eigenvalue weighted by Gasteiger charge is 2.37. The number of pyridine rings is 2. The van der Waals surface area contributed by atoms with Crippen LogP contribution in [-0.4, -0.2) is 264 Å². The quantitative estimate of drug-likeness (QED) is 0.0322. The van der Waals surface area contributed by atoms with Crippen molar-refractivity contribution in [2.45, 2.75) is 114 Å². The van der Waals surface area contributed by atoms with Gasteiger partial charge in [-0.25, -0.2) is 46.2 Å². The summed E-state index contributed by atoms with van der Waals surface area (Å²) in [6.07, 6.45) is 15.2. The van der Waals surface area contributed by atoms with Crippen molar-refractivity contribution in [1.29, 1.82) is 0 Å². The largest absolute Gasteiger partial charge is 0.381 e. The van der Waals surface area contributed by atoms with Gasteiger partial charge < -0.3 is 19.3 Å². The Morgan fingerprint density at radius 2 is 0.873 bits per heavy atom. The van der Waals surface area contributed by atoms with Gasteiger partial charge in [0.05, 0.1) is 72.4 Å². The van der Waals surface area contributed by atoms with Crippen LogP contribution in [0.5, 0.6) is 0 Å². The number of fused-ring (bicyclic) bond motifs is 4. The number of piperazine rings is 4. The Morgan fingerprint density at radius 1 is 0.478 bits per heavy atom. The number of hydrogen-bond acceptors (Lipinski definition) is 24. The standard InChI is InChI=1S/C50H57ClN10O6S.C48H53ClN10O6S/c1-50(2)15-11-36(43(30-50)34-3-6-38(51)7-4-34)32-56-19-23-59(24-20-56)40-8-10-42(46(28-40)60-47-27-35-12-16-52-48(35)54-44(47)31-53-60)49(62)55-68(65,66)41-9-5-37(45(29-41)61(63)64)33-57-17-21-58(22-18-57)39-13-25-67-26-14-39;1-48(2)13-11-34(41(26-48)32-3-6-36(49)7-4-32)28-54-15-19-56(20-16-54)37-8-10-40(44(24-37)58-45-23-33-12-14-50-46(33)52-42(45)27-51-58)47(60)53-66(63,64)39-9-5-35(43(25-39)59(61)62)29-55-17-21-57(22-18-55)38-30-65-31-38/h3-10,12,16,27-29,31,39,53H,11,13-15,17-26,30,32-33H2,1-2H3,(H,55,62);3-10,12,14,23-25,27,38,51H,11,13,15-22,26,28-31H2,1-2H3,(H,53,60). The normalized spacial score (nSPS) is 19.2. The van der Waals surface area contributed by atoms with E-state index in [1.54, 1.807) is 46.3 Å². The summed E-state index contributed by atoms with van der Waals surface area (Å²) in [6.45, 7) is 27.3. The predicted molar refractivity (Wildman–Crippen MR) is 518 cm³/mol. The molecule has 8 aliphatic rings. The van der Waals surface area contributed by atoms with Crippen molar-refractivity contribution in [3.63, 3.8) is 0 Å². The van der Waals surface area contributed by atoms with Crippen LogP contribution in [0.25, 0.3) is 66.7 Å². The molecule has 6 fully saturated rings. The van der Waals surface area contributed by atoms with Gasteiger partial charge in [-0.2, -0.15) is 0 Å². The number of rotatable bonds is 24. The molecule has 32 nitrogen and oxygen atoms in total. The molecule has 0 atom stereocenters. The van der Waals surface area contributed by atoms with Crippen molar-refractivity contribution < 1.29 is 45.7 Å². The van der Waals surface area contributed by atoms with E-state index in [-0.39, 0.29) is 43.1 Å². The number of aromatic nitrogens is 8. The highest BCUT2D eigenvalue weighted by Crippen LogP contribution is 2.46. The van der Waals surface area contributed by atoms with Crippen LogP contribution < -0.4 is 19.2 Å². The topological polar surface area (TPSA) is 350 Å². The van der Waals surface area contributed by atoms with Crippen LogP contribution in [-0.2, 0) is 42.6 Å². The number of allylic oxidation sites excluding steroid dienone is 2. The molecule has 12 aromatic rings. The van der Waals surface area contributed by atoms with E-state index in [0.717, 1.165) is 240 Å². The van der Waals surface area contributed by atoms with Crippen molar-refractivity contribution >= 4 is 133 Å². The van der Waals surface area contributed by atoms with E-state index >= 15 is 0 Å². The zero-order valence-electron chi connectivity index (χ0n) is 75.6. The number of carbonyl (C=O) groups excluding carboxylic acids is 2. The Balaban J connectivity index is 0.000000172. The number of ether oxygens (including phenoxy) is 2. The fourth-order valence-corrected chi connectivity index (χ4v) is 22.5. The molecule has 36 heteroatoms. The number of nitrogens with one attached hydrogen (secondary N) is 4. The summed E-state index contributed by atoms with van der Waals surface area (Å²) in [5, 5.41) is 34.3. The van der Waals surface area contributed by atoms with Crippen molar-refractivity contribution in [3.8, 4) is 11.4 Å². The molecule has 0 bridgehead atoms. The second-order valence-corrected chi connectivity index (χ2v) is 42.4. The molecule has 6 saturated heterocycles. The second kappa shape index (κ2) is 38.4. The minimum absolute atomic E-state index is 0.0797. The van der Waals surface area contributed by atoms with E-state index in [0.29, 0.717) is 81.0 Å². The Labute approximate surface area is 787 Å². The molecule has 0 radical (unpaired) electrons. The molecule has 700 valence electrons. The van der Waals surface area contributed by atoms with Crippen molar-refractivity contribution in [1.82, 2.24) is 78.3 Å². The van der Waals surface area contributed by atoms with Gasteiger partial charge in [0.1, 0.15) is 11.0 Å². The maximum Gasteiger partial charge on any atom is 0.275 e. The number of nitro groups is 2. The number of hydrogen-bond donors (Lipinski definition) is 4. The first kappa shape index (κ1) is 91.7. The maximum atomic E-state index is 14.3. The number of benzene rings is 6. The monoisotopic (exact) mass is 1890 g/mol. The zero-order valence-corrected chi connectivity index (χ0v) is 78.7. The maximum absolute atomic E-state index is 14.3. The molecule has 0 saturated carbocycles. The first-order valence-corrected chi connectivity index (χ1v) is 49.8. The van der Waals surface area contributed by atoms with Gasteiger partial charge >= 0.3 is 0 Å². The van der Waals surface area contributed by atoms with Gasteiger partial charge in [-0.3, -0.25) is 78.8 Å². The van der Waals surface area contributed by atoms with E-state index < -0.39 is 41.7 Å². The molecule has 2 aliphatic carbocycles. The van der Waals surface area contributed by atoms with Crippen LogP contribution in [0.15, 0.2) is 191 Å². The van der Waals surface area contributed by atoms with Crippen LogP contribution in [0.2, 0.25) is 10.0 Å². The average Bonchev–Trinajstić information content (AvgIpc) is 1.59. The summed E-state index contributed by atoms with van der Waals surface area (Å²) >= 11 is 12.5. The van der Waals surface area contributed by atoms with Gasteiger partial charge in [-0.05, 0) is 194 Å². The van der Waals surface area contributed by atoms with E-state index in [9.17, 15) is 46.7 Å². The SMILES string of the molecule is CC1(C)CCC(CN2CCN(c3ccc(C(=O)NS(=O)(=O)c4ccc(CN5CCN(C6CCOCC6)CC5)c([N+](=O)[O-])c4)c(-n4[nH]cc5nc6nccc6cc54)c3)CC2)=C(c2ccc(Cl)cc2)C1.CC1(C)CCC(CN2CCN(c3ccc(C(=O)NS(=O)(=O)c4ccc(CN5CCN(C6COC6)CC5)c([N+](=O)[O-])c4)c(-n4[nH]cc5nc6nccc6cc54)c3)CC2)=C(c2ccc(Cl)cc2)C1. The third-order valence-electron chi connectivity index (χ3n) is 28.1. The Morgan fingerprint density at radius 3 is 1.27 bits per heavy atom. The molecule has 134 heavy (non-hydrogen) atoms. The number of H-pyrrole nitrogens is 2. The zero-order chi connectivity index (χ0) is 92.9. The van der Waals surface area contributed by atoms with Crippen LogP contribution >= 0.6 is 23.2 Å². The molecule has 2 amide bonds. The molecule has 6 aliphatic heterocycles. The lowest BCUT2D eigenvalue weighted by Crippen LogP contribution is -2.56. The smallest absolute Gasteiger partial charge is 0.275 e. The number of sulfonamides is 2. The van der Waals surface area contributed by atoms with Crippen LogP contribution in [0.1, 0.15) is 122 Å². The third kappa shape index (κ3) is 20.2. The van der Waals surface area contributed by atoms with E-state index in [2.05, 4.69) is 121 Å². The van der Waals surface area contributed by atoms with Crippen molar-refractivity contribution in [2.24, 2.45) is 10.8 Å². The number of halogens is 2. The molecular formula is C98H110Cl2N20O12S2. The van der Waals surface area contributed by atoms with Gasteiger partial charge in [0.2, 0.25) is 0 Å². The lowest BCUT2D eigenvalue weighted by Gasteiger charge is -2.42. The van der Waals surface area contributed by atoms with Crippen molar-refractivity contribution in [3.05, 3.63) is 245 Å². The Bertz CT molecular complexity index is 6770. The summed E-state index contributed by atoms with van der Waals surface area (Å²) in [4.78, 5) is 88.3. The van der Waals surface area contributed by atoms with Crippen LogP contribution in [0.3, 0.4) is 0 Å². The third-order valence-corrected chi connectivity index (χ3v) is 31.3. The first-order valence-electron chi connectivity index (χ1n) is 46.1. The highest BCUT2D eigenvalue weighted by atomic mass is 35.5. The molecule has 0 unspecified atom stereocenters. The minimum Gasteiger partial charge on any atom is -0.381 e. The summed E-state index contributed by atoms with van der Waals surface area (Å²) < 4.78 is 74.7. The fraction of sp³-hybridized carbons (Fsp3) is 0.408. The first-order chi connectivity index (χ1) is 64.5. The summed E-state index contributed by atoms with van der Waals surface area (Å²) in [6, 6.07) is 43.3. The van der Waals surface area contributed by atoms with Gasteiger partial charge in [0, 0.05) is 230 Å². The Kier molecular flexibility index (Phi) is 26.3. The van der Waals surface area contributed by atoms with Gasteiger partial charge in [0.25, 0.3) is 43.2 Å². The molecule has 0 spiro atoms. The summed E-state index contributed by atoms with van der Waals surface area (Å²) in [5.41, 5.74) is 15.3. The lowest BCUT2D eigenvalue weighted by molar-refractivity contribution is -0.386. The summed E-state index contributed by atoms with van der Waals surface area (Å²) in [5.74, 6) is -1.77.